The fraction of sp³-hybridized carbons (Fsp3) is 0.529. The third-order valence-corrected chi connectivity index (χ3v) is 6.11. The van der Waals surface area contributed by atoms with E-state index in [0.717, 1.165) is 39.1 Å². The summed E-state index contributed by atoms with van der Waals surface area (Å²) in [6, 6.07) is 4.24. The number of hydrogen-bond acceptors (Lipinski definition) is 6. The molecule has 7 heteroatoms. The Kier molecular flexibility index (Phi) is 5.84. The third kappa shape index (κ3) is 4.54. The Bertz CT molecular complexity index is 693. The smallest absolute Gasteiger partial charge is 0.230 e. The van der Waals surface area contributed by atoms with Gasteiger partial charge in [0, 0.05) is 6.04 Å². The van der Waals surface area contributed by atoms with Crippen LogP contribution in [0.15, 0.2) is 17.2 Å². The molecule has 1 aliphatic rings. The maximum atomic E-state index is 12.0. The van der Waals surface area contributed by atoms with Crippen molar-refractivity contribution in [3.63, 3.8) is 0 Å². The number of aromatic nitrogens is 3. The Morgan fingerprint density at radius 1 is 1.25 bits per heavy atom. The molecule has 0 atom stereocenters. The van der Waals surface area contributed by atoms with E-state index in [2.05, 4.69) is 20.5 Å². The highest BCUT2D eigenvalue weighted by Gasteiger charge is 2.16. The molecule has 2 heterocycles. The summed E-state index contributed by atoms with van der Waals surface area (Å²) in [6.45, 7) is 3.97. The Morgan fingerprint density at radius 3 is 2.67 bits per heavy atom. The maximum absolute atomic E-state index is 12.0. The van der Waals surface area contributed by atoms with Crippen molar-refractivity contribution >= 4 is 29.0 Å². The van der Waals surface area contributed by atoms with E-state index >= 15 is 0 Å². The highest BCUT2D eigenvalue weighted by atomic mass is 32.2. The molecule has 0 saturated heterocycles. The second-order valence-corrected chi connectivity index (χ2v) is 8.29. The number of thiazole rings is 1. The Balaban J connectivity index is 1.52. The van der Waals surface area contributed by atoms with Gasteiger partial charge in [-0.25, -0.2) is 4.98 Å². The average Bonchev–Trinajstić information content (AvgIpc) is 2.93. The van der Waals surface area contributed by atoms with Crippen LogP contribution in [0.1, 0.15) is 42.8 Å². The molecule has 1 saturated carbocycles. The van der Waals surface area contributed by atoms with Gasteiger partial charge in [0.25, 0.3) is 0 Å². The van der Waals surface area contributed by atoms with Crippen molar-refractivity contribution in [1.29, 1.82) is 0 Å². The molecule has 0 spiro atoms. The molecule has 3 rings (SSSR count). The summed E-state index contributed by atoms with van der Waals surface area (Å²) in [5, 5.41) is 13.4. The maximum Gasteiger partial charge on any atom is 0.230 e. The summed E-state index contributed by atoms with van der Waals surface area (Å²) in [6.07, 6.45) is 5.96. The van der Waals surface area contributed by atoms with Crippen molar-refractivity contribution in [3.8, 4) is 10.6 Å². The molecule has 2 aromatic rings. The largest absolute Gasteiger partial charge is 0.353 e. The van der Waals surface area contributed by atoms with Crippen molar-refractivity contribution in [2.24, 2.45) is 0 Å². The number of hydrogen-bond donors (Lipinski definition) is 1. The number of nitrogens with zero attached hydrogens (tertiary/aromatic N) is 3. The molecule has 0 aliphatic heterocycles. The van der Waals surface area contributed by atoms with Crippen molar-refractivity contribution in [1.82, 2.24) is 20.5 Å². The van der Waals surface area contributed by atoms with Crippen LogP contribution in [0.25, 0.3) is 10.6 Å². The highest BCUT2D eigenvalue weighted by Crippen LogP contribution is 2.28. The molecule has 0 aromatic carbocycles. The number of carbonyl (C=O) groups is 1. The van der Waals surface area contributed by atoms with Crippen molar-refractivity contribution in [3.05, 3.63) is 22.8 Å². The van der Waals surface area contributed by atoms with Gasteiger partial charge >= 0.3 is 0 Å². The lowest BCUT2D eigenvalue weighted by molar-refractivity contribution is -0.119. The zero-order valence-electron chi connectivity index (χ0n) is 14.0. The molecule has 24 heavy (non-hydrogen) atoms. The summed E-state index contributed by atoms with van der Waals surface area (Å²) in [7, 11) is 0. The van der Waals surface area contributed by atoms with Crippen LogP contribution < -0.4 is 5.32 Å². The molecule has 128 valence electrons. The van der Waals surface area contributed by atoms with Gasteiger partial charge < -0.3 is 5.32 Å². The zero-order valence-corrected chi connectivity index (χ0v) is 15.7. The first-order valence-electron chi connectivity index (χ1n) is 8.32. The fourth-order valence-electron chi connectivity index (χ4n) is 2.94. The van der Waals surface area contributed by atoms with E-state index in [1.807, 2.05) is 26.0 Å². The van der Waals surface area contributed by atoms with Gasteiger partial charge in [-0.3, -0.25) is 4.79 Å². The molecule has 1 amide bonds. The Hall–Kier alpha value is -1.47. The third-order valence-electron chi connectivity index (χ3n) is 4.10. The standard InChI is InChI=1S/C17H22N4OS2/c1-11-17(24-12(2)18-11)14-8-9-16(21-20-14)23-10-15(22)19-13-6-4-3-5-7-13/h8-9,13H,3-7,10H2,1-2H3,(H,19,22). The van der Waals surface area contributed by atoms with E-state index in [-0.39, 0.29) is 5.91 Å². The van der Waals surface area contributed by atoms with Crippen LogP contribution in [0.5, 0.6) is 0 Å². The Labute approximate surface area is 150 Å². The molecule has 2 aromatic heterocycles. The molecule has 1 fully saturated rings. The van der Waals surface area contributed by atoms with Crippen LogP contribution in [0, 0.1) is 13.8 Å². The lowest BCUT2D eigenvalue weighted by Crippen LogP contribution is -2.37. The molecular formula is C17H22N4OS2. The predicted molar refractivity (Wildman–Crippen MR) is 98.4 cm³/mol. The number of carbonyl (C=O) groups excluding carboxylic acids is 1. The van der Waals surface area contributed by atoms with Crippen LogP contribution in [0.2, 0.25) is 0 Å². The van der Waals surface area contributed by atoms with E-state index in [4.69, 9.17) is 0 Å². The number of aryl methyl sites for hydroxylation is 2. The summed E-state index contributed by atoms with van der Waals surface area (Å²) in [5.41, 5.74) is 1.83. The van der Waals surface area contributed by atoms with Crippen LogP contribution in [0.4, 0.5) is 0 Å². The minimum absolute atomic E-state index is 0.0895. The van der Waals surface area contributed by atoms with Crippen LogP contribution in [0.3, 0.4) is 0 Å². The quantitative estimate of drug-likeness (QED) is 0.820. The molecule has 1 N–H and O–H groups in total. The summed E-state index contributed by atoms with van der Waals surface area (Å²) in [4.78, 5) is 17.5. The number of amides is 1. The molecule has 0 bridgehead atoms. The zero-order chi connectivity index (χ0) is 16.9. The Morgan fingerprint density at radius 2 is 2.04 bits per heavy atom. The molecule has 1 aliphatic carbocycles. The van der Waals surface area contributed by atoms with E-state index in [0.29, 0.717) is 11.8 Å². The van der Waals surface area contributed by atoms with Crippen molar-refractivity contribution < 1.29 is 4.79 Å². The molecular weight excluding hydrogens is 340 g/mol. The lowest BCUT2D eigenvalue weighted by atomic mass is 9.95. The number of thioether (sulfide) groups is 1. The fourth-order valence-corrected chi connectivity index (χ4v) is 4.45. The van der Waals surface area contributed by atoms with Gasteiger partial charge in [-0.2, -0.15) is 0 Å². The molecule has 0 radical (unpaired) electrons. The van der Waals surface area contributed by atoms with E-state index < -0.39 is 0 Å². The van der Waals surface area contributed by atoms with Gasteiger partial charge in [0.2, 0.25) is 5.91 Å². The predicted octanol–water partition coefficient (Wildman–Crippen LogP) is 3.76. The van der Waals surface area contributed by atoms with Gasteiger partial charge in [0.15, 0.2) is 0 Å². The lowest BCUT2D eigenvalue weighted by Gasteiger charge is -2.22. The minimum atomic E-state index is 0.0895. The van der Waals surface area contributed by atoms with Gasteiger partial charge in [-0.1, -0.05) is 31.0 Å². The number of nitrogens with one attached hydrogen (secondary N) is 1. The average molecular weight is 363 g/mol. The summed E-state index contributed by atoms with van der Waals surface area (Å²) in [5.74, 6) is 0.482. The first kappa shape index (κ1) is 17.4. The molecule has 0 unspecified atom stereocenters. The van der Waals surface area contributed by atoms with Crippen LogP contribution in [-0.4, -0.2) is 32.9 Å². The normalized spacial score (nSPS) is 15.4. The highest BCUT2D eigenvalue weighted by molar-refractivity contribution is 7.99. The number of rotatable bonds is 5. The summed E-state index contributed by atoms with van der Waals surface area (Å²) < 4.78 is 0. The van der Waals surface area contributed by atoms with E-state index in [1.165, 1.54) is 31.0 Å². The SMILES string of the molecule is Cc1nc(C)c(-c2ccc(SCC(=O)NC3CCCCC3)nn2)s1. The van der Waals surface area contributed by atoms with Gasteiger partial charge in [0.1, 0.15) is 10.7 Å². The first-order valence-corrected chi connectivity index (χ1v) is 10.1. The first-order chi connectivity index (χ1) is 11.6. The van der Waals surface area contributed by atoms with Gasteiger partial charge in [-0.05, 0) is 38.8 Å². The molecule has 5 nitrogen and oxygen atoms in total. The topological polar surface area (TPSA) is 67.8 Å². The van der Waals surface area contributed by atoms with E-state index in [9.17, 15) is 4.79 Å². The van der Waals surface area contributed by atoms with Gasteiger partial charge in [-0.15, -0.1) is 21.5 Å². The monoisotopic (exact) mass is 362 g/mol. The van der Waals surface area contributed by atoms with Crippen LogP contribution in [-0.2, 0) is 4.79 Å². The van der Waals surface area contributed by atoms with Crippen molar-refractivity contribution in [2.45, 2.75) is 57.0 Å². The van der Waals surface area contributed by atoms with Crippen LogP contribution >= 0.6 is 23.1 Å². The second-order valence-electron chi connectivity index (χ2n) is 6.10. The van der Waals surface area contributed by atoms with Gasteiger partial charge in [0.05, 0.1) is 21.3 Å². The summed E-state index contributed by atoms with van der Waals surface area (Å²) >= 11 is 3.06. The minimum Gasteiger partial charge on any atom is -0.353 e. The van der Waals surface area contributed by atoms with E-state index in [1.54, 1.807) is 11.3 Å². The second kappa shape index (κ2) is 8.07. The van der Waals surface area contributed by atoms with Crippen molar-refractivity contribution in [2.75, 3.05) is 5.75 Å².